The fourth-order valence-electron chi connectivity index (χ4n) is 3.27. The second-order valence-corrected chi connectivity index (χ2v) is 7.53. The summed E-state index contributed by atoms with van der Waals surface area (Å²) in [5.74, 6) is -0.146. The Hall–Kier alpha value is -4.87. The summed E-state index contributed by atoms with van der Waals surface area (Å²) < 4.78 is 17.6. The monoisotopic (exact) mass is 479 g/mol. The summed E-state index contributed by atoms with van der Waals surface area (Å²) in [6.45, 7) is 1.79. The minimum atomic E-state index is -0.606. The Morgan fingerprint density at radius 2 is 2.00 bits per heavy atom. The Morgan fingerprint density at radius 3 is 2.74 bits per heavy atom. The molecule has 0 atom stereocenters. The first-order valence-electron chi connectivity index (χ1n) is 10.4. The predicted octanol–water partition coefficient (Wildman–Crippen LogP) is 3.58. The van der Waals surface area contributed by atoms with Crippen LogP contribution in [0.2, 0.25) is 0 Å². The van der Waals surface area contributed by atoms with E-state index in [9.17, 15) is 19.7 Å². The molecule has 2 N–H and O–H groups in total. The van der Waals surface area contributed by atoms with E-state index in [1.54, 1.807) is 32.2 Å². The minimum Gasteiger partial charge on any atom is -0.479 e. The van der Waals surface area contributed by atoms with E-state index in [4.69, 9.17) is 13.6 Å². The molecule has 0 fully saturated rings. The highest BCUT2D eigenvalue weighted by atomic mass is 16.6. The molecule has 1 aromatic carbocycles. The number of amides is 2. The number of hydrogen-bond acceptors (Lipinski definition) is 8. The first kappa shape index (κ1) is 23.3. The number of aryl methyl sites for hydroxylation is 2. The normalized spacial score (nSPS) is 10.7. The number of rotatable bonds is 9. The van der Waals surface area contributed by atoms with Crippen molar-refractivity contribution >= 4 is 23.2 Å². The van der Waals surface area contributed by atoms with Gasteiger partial charge in [0, 0.05) is 13.1 Å². The van der Waals surface area contributed by atoms with Crippen LogP contribution < -0.4 is 15.4 Å². The number of carbonyl (C=O) groups excluding carboxylic acids is 2. The number of nitrogens with zero attached hydrogens (tertiary/aromatic N) is 3. The Bertz CT molecular complexity index is 1370. The first-order chi connectivity index (χ1) is 16.8. The van der Waals surface area contributed by atoms with Gasteiger partial charge in [0.2, 0.25) is 0 Å². The van der Waals surface area contributed by atoms with Crippen molar-refractivity contribution in [3.8, 4) is 5.75 Å². The van der Waals surface area contributed by atoms with Gasteiger partial charge in [-0.25, -0.2) is 0 Å². The zero-order valence-corrected chi connectivity index (χ0v) is 18.8. The summed E-state index contributed by atoms with van der Waals surface area (Å²) in [5.41, 5.74) is 0.903. The Kier molecular flexibility index (Phi) is 6.62. The molecule has 0 aliphatic rings. The van der Waals surface area contributed by atoms with E-state index < -0.39 is 16.7 Å². The van der Waals surface area contributed by atoms with E-state index >= 15 is 0 Å². The van der Waals surface area contributed by atoms with Crippen LogP contribution in [0.3, 0.4) is 0 Å². The number of nitro groups is 1. The summed E-state index contributed by atoms with van der Waals surface area (Å²) in [6.07, 6.45) is 2.85. The molecule has 180 valence electrons. The molecule has 0 saturated carbocycles. The quantitative estimate of drug-likeness (QED) is 0.273. The molecule has 4 aromatic rings. The number of hydrogen-bond donors (Lipinski definition) is 2. The molecule has 3 aromatic heterocycles. The number of furan rings is 2. The third kappa shape index (κ3) is 5.38. The van der Waals surface area contributed by atoms with Gasteiger partial charge in [0.05, 0.1) is 29.6 Å². The molecule has 4 rings (SSSR count). The maximum absolute atomic E-state index is 12.7. The van der Waals surface area contributed by atoms with Crippen LogP contribution in [0.15, 0.2) is 63.8 Å². The average Bonchev–Trinajstić information content (AvgIpc) is 3.58. The van der Waals surface area contributed by atoms with Crippen LogP contribution in [0.25, 0.3) is 0 Å². The van der Waals surface area contributed by atoms with E-state index in [0.29, 0.717) is 5.76 Å². The van der Waals surface area contributed by atoms with Gasteiger partial charge in [-0.2, -0.15) is 5.10 Å². The van der Waals surface area contributed by atoms with E-state index in [1.165, 1.54) is 41.4 Å². The lowest BCUT2D eigenvalue weighted by Crippen LogP contribution is -2.26. The van der Waals surface area contributed by atoms with Gasteiger partial charge in [-0.05, 0) is 42.8 Å². The van der Waals surface area contributed by atoms with E-state index in [2.05, 4.69) is 15.7 Å². The zero-order valence-electron chi connectivity index (χ0n) is 18.8. The molecule has 12 nitrogen and oxygen atoms in total. The SMILES string of the molecule is Cc1ccc(OCc2ccc(C(=O)Nc3cnn(C)c3C(=O)NCc3ccco3)o2)c([N+](=O)[O-])c1. The average molecular weight is 479 g/mol. The zero-order chi connectivity index (χ0) is 24.9. The Morgan fingerprint density at radius 1 is 1.17 bits per heavy atom. The maximum atomic E-state index is 12.7. The fraction of sp³-hybridized carbons (Fsp3) is 0.174. The van der Waals surface area contributed by atoms with Crippen LogP contribution in [-0.2, 0) is 20.2 Å². The third-order valence-corrected chi connectivity index (χ3v) is 4.97. The van der Waals surface area contributed by atoms with Gasteiger partial charge in [0.25, 0.3) is 11.8 Å². The molecule has 0 unspecified atom stereocenters. The molecule has 0 aliphatic heterocycles. The highest BCUT2D eigenvalue weighted by Gasteiger charge is 2.21. The van der Waals surface area contributed by atoms with E-state index in [-0.39, 0.29) is 47.5 Å². The molecule has 2 amide bonds. The van der Waals surface area contributed by atoms with Crippen molar-refractivity contribution in [2.24, 2.45) is 7.05 Å². The standard InChI is InChI=1S/C23H21N5O7/c1-14-5-7-19(18(10-14)28(31)32)34-13-16-6-8-20(35-16)22(29)26-17-12-25-27(2)21(17)23(30)24-11-15-4-3-9-33-15/h3-10,12H,11,13H2,1-2H3,(H,24,30)(H,26,29). The maximum Gasteiger partial charge on any atom is 0.311 e. The highest BCUT2D eigenvalue weighted by Crippen LogP contribution is 2.28. The number of carbonyl (C=O) groups is 2. The van der Waals surface area contributed by atoms with Crippen LogP contribution in [0.1, 0.15) is 38.1 Å². The molecular weight excluding hydrogens is 458 g/mol. The minimum absolute atomic E-state index is 0.0344. The topological polar surface area (TPSA) is 155 Å². The lowest BCUT2D eigenvalue weighted by molar-refractivity contribution is -0.386. The van der Waals surface area contributed by atoms with Gasteiger partial charge >= 0.3 is 5.69 Å². The number of nitro benzene ring substituents is 1. The Balaban J connectivity index is 1.40. The van der Waals surface area contributed by atoms with Gasteiger partial charge in [0.15, 0.2) is 11.5 Å². The van der Waals surface area contributed by atoms with Crippen molar-refractivity contribution in [1.29, 1.82) is 0 Å². The van der Waals surface area contributed by atoms with E-state index in [1.807, 2.05) is 0 Å². The fourth-order valence-corrected chi connectivity index (χ4v) is 3.27. The van der Waals surface area contributed by atoms with Crippen LogP contribution in [0.4, 0.5) is 11.4 Å². The molecule has 3 heterocycles. The van der Waals surface area contributed by atoms with Crippen LogP contribution in [0, 0.1) is 17.0 Å². The summed E-state index contributed by atoms with van der Waals surface area (Å²) in [4.78, 5) is 36.0. The molecule has 0 bridgehead atoms. The lowest BCUT2D eigenvalue weighted by atomic mass is 10.2. The van der Waals surface area contributed by atoms with Crippen LogP contribution >= 0.6 is 0 Å². The highest BCUT2D eigenvalue weighted by molar-refractivity contribution is 6.07. The number of nitrogens with one attached hydrogen (secondary N) is 2. The van der Waals surface area contributed by atoms with Crippen molar-refractivity contribution in [2.45, 2.75) is 20.1 Å². The van der Waals surface area contributed by atoms with E-state index in [0.717, 1.165) is 5.56 Å². The smallest absolute Gasteiger partial charge is 0.311 e. The van der Waals surface area contributed by atoms with Crippen LogP contribution in [0.5, 0.6) is 5.75 Å². The van der Waals surface area contributed by atoms with Crippen molar-refractivity contribution in [3.05, 3.63) is 93.6 Å². The van der Waals surface area contributed by atoms with Gasteiger partial charge in [-0.15, -0.1) is 0 Å². The van der Waals surface area contributed by atoms with Crippen molar-refractivity contribution < 1.29 is 28.1 Å². The summed E-state index contributed by atoms with van der Waals surface area (Å²) in [6, 6.07) is 11.0. The number of aromatic nitrogens is 2. The van der Waals surface area contributed by atoms with Gasteiger partial charge in [0.1, 0.15) is 23.8 Å². The van der Waals surface area contributed by atoms with Crippen molar-refractivity contribution in [1.82, 2.24) is 15.1 Å². The molecule has 35 heavy (non-hydrogen) atoms. The van der Waals surface area contributed by atoms with Crippen molar-refractivity contribution in [2.75, 3.05) is 5.32 Å². The molecule has 0 radical (unpaired) electrons. The number of benzene rings is 1. The first-order valence-corrected chi connectivity index (χ1v) is 10.4. The second kappa shape index (κ2) is 9.95. The molecule has 0 aliphatic carbocycles. The predicted molar refractivity (Wildman–Crippen MR) is 122 cm³/mol. The molecular formula is C23H21N5O7. The lowest BCUT2D eigenvalue weighted by Gasteiger charge is -2.08. The number of anilines is 1. The van der Waals surface area contributed by atoms with Gasteiger partial charge < -0.3 is 24.2 Å². The second-order valence-electron chi connectivity index (χ2n) is 7.53. The van der Waals surface area contributed by atoms with Gasteiger partial charge in [-0.1, -0.05) is 6.07 Å². The summed E-state index contributed by atoms with van der Waals surface area (Å²) >= 11 is 0. The Labute approximate surface area is 198 Å². The summed E-state index contributed by atoms with van der Waals surface area (Å²) in [7, 11) is 1.57. The largest absolute Gasteiger partial charge is 0.479 e. The van der Waals surface area contributed by atoms with Gasteiger partial charge in [-0.3, -0.25) is 24.4 Å². The molecule has 0 saturated heterocycles. The third-order valence-electron chi connectivity index (χ3n) is 4.97. The van der Waals surface area contributed by atoms with Crippen LogP contribution in [-0.4, -0.2) is 26.5 Å². The number of ether oxygens (including phenoxy) is 1. The van der Waals surface area contributed by atoms with Crippen molar-refractivity contribution in [3.63, 3.8) is 0 Å². The molecule has 0 spiro atoms. The summed E-state index contributed by atoms with van der Waals surface area (Å²) in [5, 5.41) is 20.6. The molecule has 12 heteroatoms.